The number of likely N-dealkylation sites (tertiary alicyclic amines) is 1. The van der Waals surface area contributed by atoms with Crippen molar-refractivity contribution in [3.63, 3.8) is 0 Å². The van der Waals surface area contributed by atoms with Gasteiger partial charge in [0.05, 0.1) is 11.7 Å². The van der Waals surface area contributed by atoms with Crippen molar-refractivity contribution in [3.8, 4) is 0 Å². The Balaban J connectivity index is 1.96. The Morgan fingerprint density at radius 2 is 2.40 bits per heavy atom. The van der Waals surface area contributed by atoms with Crippen molar-refractivity contribution in [1.29, 1.82) is 0 Å². The molecule has 1 unspecified atom stereocenters. The Labute approximate surface area is 120 Å². The molecule has 0 bridgehead atoms. The fourth-order valence-electron chi connectivity index (χ4n) is 2.39. The molecule has 0 spiro atoms. The number of carbonyl (C=O) groups is 1. The van der Waals surface area contributed by atoms with Crippen LogP contribution in [0.25, 0.3) is 0 Å². The fraction of sp³-hybridized carbons (Fsp3) is 0.600. The number of piperidine rings is 1. The molecule has 1 aliphatic heterocycles. The molecule has 5 nitrogen and oxygen atoms in total. The summed E-state index contributed by atoms with van der Waals surface area (Å²) in [5.74, 6) is 0.814. The van der Waals surface area contributed by atoms with Crippen LogP contribution in [0.5, 0.6) is 0 Å². The van der Waals surface area contributed by atoms with E-state index in [0.29, 0.717) is 12.1 Å². The molecular weight excluding hydrogens is 254 g/mol. The number of rotatable bonds is 5. The Kier molecular flexibility index (Phi) is 5.35. The zero-order valence-corrected chi connectivity index (χ0v) is 12.3. The molecule has 1 atom stereocenters. The van der Waals surface area contributed by atoms with Crippen LogP contribution in [0.3, 0.4) is 0 Å². The van der Waals surface area contributed by atoms with Gasteiger partial charge in [-0.3, -0.25) is 4.79 Å². The van der Waals surface area contributed by atoms with E-state index in [1.165, 1.54) is 0 Å². The number of carbonyl (C=O) groups excluding carboxylic acids is 1. The van der Waals surface area contributed by atoms with E-state index in [1.54, 1.807) is 6.20 Å². The fourth-order valence-corrected chi connectivity index (χ4v) is 2.39. The van der Waals surface area contributed by atoms with Crippen molar-refractivity contribution in [2.75, 3.05) is 32.1 Å². The lowest BCUT2D eigenvalue weighted by Crippen LogP contribution is -2.43. The van der Waals surface area contributed by atoms with Gasteiger partial charge in [0, 0.05) is 32.9 Å². The topological polar surface area (TPSA) is 54.5 Å². The van der Waals surface area contributed by atoms with Crippen LogP contribution in [-0.2, 0) is 4.74 Å². The highest BCUT2D eigenvalue weighted by Gasteiger charge is 2.24. The number of anilines is 1. The van der Waals surface area contributed by atoms with Crippen molar-refractivity contribution in [3.05, 3.63) is 23.9 Å². The highest BCUT2D eigenvalue weighted by Crippen LogP contribution is 2.16. The summed E-state index contributed by atoms with van der Waals surface area (Å²) in [6, 6.07) is 3.64. The number of ether oxygens (including phenoxy) is 1. The van der Waals surface area contributed by atoms with E-state index in [0.717, 1.165) is 38.2 Å². The number of nitrogens with zero attached hydrogens (tertiary/aromatic N) is 2. The lowest BCUT2D eigenvalue weighted by Gasteiger charge is -2.32. The van der Waals surface area contributed by atoms with E-state index in [9.17, 15) is 4.79 Å². The van der Waals surface area contributed by atoms with E-state index in [4.69, 9.17) is 4.74 Å². The Morgan fingerprint density at radius 1 is 1.55 bits per heavy atom. The van der Waals surface area contributed by atoms with Gasteiger partial charge in [-0.05, 0) is 31.4 Å². The first-order valence-electron chi connectivity index (χ1n) is 7.29. The summed E-state index contributed by atoms with van der Waals surface area (Å²) in [5, 5.41) is 2.95. The maximum absolute atomic E-state index is 12.4. The van der Waals surface area contributed by atoms with Crippen molar-refractivity contribution in [2.24, 2.45) is 0 Å². The molecule has 1 saturated heterocycles. The predicted molar refractivity (Wildman–Crippen MR) is 79.0 cm³/mol. The number of hydrogen-bond donors (Lipinski definition) is 1. The van der Waals surface area contributed by atoms with Crippen LogP contribution in [0.15, 0.2) is 18.3 Å². The maximum Gasteiger partial charge on any atom is 0.255 e. The van der Waals surface area contributed by atoms with E-state index in [1.807, 2.05) is 24.1 Å². The third kappa shape index (κ3) is 3.70. The normalized spacial score (nSPS) is 18.9. The van der Waals surface area contributed by atoms with Crippen LogP contribution in [0.2, 0.25) is 0 Å². The summed E-state index contributed by atoms with van der Waals surface area (Å²) >= 11 is 0. The zero-order chi connectivity index (χ0) is 14.4. The van der Waals surface area contributed by atoms with E-state index >= 15 is 0 Å². The number of nitrogens with one attached hydrogen (secondary N) is 1. The highest BCUT2D eigenvalue weighted by molar-refractivity contribution is 5.94. The van der Waals surface area contributed by atoms with Crippen LogP contribution < -0.4 is 5.32 Å². The van der Waals surface area contributed by atoms with Gasteiger partial charge in [-0.1, -0.05) is 6.92 Å². The molecule has 0 radical (unpaired) electrons. The summed E-state index contributed by atoms with van der Waals surface area (Å²) in [5.41, 5.74) is 0.639. The molecule has 1 fully saturated rings. The largest absolute Gasteiger partial charge is 0.376 e. The van der Waals surface area contributed by atoms with Crippen molar-refractivity contribution >= 4 is 11.7 Å². The third-order valence-corrected chi connectivity index (χ3v) is 3.49. The third-order valence-electron chi connectivity index (χ3n) is 3.49. The molecule has 0 aromatic carbocycles. The van der Waals surface area contributed by atoms with Crippen LogP contribution in [-0.4, -0.2) is 48.6 Å². The monoisotopic (exact) mass is 277 g/mol. The van der Waals surface area contributed by atoms with Gasteiger partial charge in [-0.2, -0.15) is 0 Å². The Bertz CT molecular complexity index is 433. The minimum atomic E-state index is 0.0463. The van der Waals surface area contributed by atoms with Crippen LogP contribution in [0.1, 0.15) is 36.5 Å². The van der Waals surface area contributed by atoms with Gasteiger partial charge in [0.25, 0.3) is 5.91 Å². The molecule has 0 aliphatic carbocycles. The molecule has 2 heterocycles. The molecular formula is C15H23N3O2. The summed E-state index contributed by atoms with van der Waals surface area (Å²) in [4.78, 5) is 18.5. The molecule has 1 N–H and O–H groups in total. The zero-order valence-electron chi connectivity index (χ0n) is 12.3. The lowest BCUT2D eigenvalue weighted by molar-refractivity contribution is 0.00210. The lowest BCUT2D eigenvalue weighted by atomic mass is 10.1. The van der Waals surface area contributed by atoms with Gasteiger partial charge in [-0.25, -0.2) is 4.98 Å². The second-order valence-electron chi connectivity index (χ2n) is 5.07. The summed E-state index contributed by atoms with van der Waals surface area (Å²) in [6.45, 7) is 4.36. The van der Waals surface area contributed by atoms with Gasteiger partial charge >= 0.3 is 0 Å². The second kappa shape index (κ2) is 7.24. The molecule has 1 aromatic rings. The first-order valence-corrected chi connectivity index (χ1v) is 7.29. The van der Waals surface area contributed by atoms with Gasteiger partial charge in [0.15, 0.2) is 0 Å². The minimum absolute atomic E-state index is 0.0463. The Hall–Kier alpha value is -1.62. The quantitative estimate of drug-likeness (QED) is 0.896. The Morgan fingerprint density at radius 3 is 3.05 bits per heavy atom. The minimum Gasteiger partial charge on any atom is -0.376 e. The van der Waals surface area contributed by atoms with Crippen LogP contribution in [0, 0.1) is 0 Å². The van der Waals surface area contributed by atoms with Crippen molar-refractivity contribution in [2.45, 2.75) is 32.3 Å². The first-order chi connectivity index (χ1) is 9.74. The van der Waals surface area contributed by atoms with Crippen molar-refractivity contribution in [1.82, 2.24) is 9.88 Å². The van der Waals surface area contributed by atoms with E-state index < -0.39 is 0 Å². The van der Waals surface area contributed by atoms with Gasteiger partial charge in [0.2, 0.25) is 0 Å². The average molecular weight is 277 g/mol. The molecule has 5 heteroatoms. The highest BCUT2D eigenvalue weighted by atomic mass is 16.5. The smallest absolute Gasteiger partial charge is 0.255 e. The standard InChI is InChI=1S/C15H23N3O2/c1-3-9-20-13-5-4-8-18(11-13)15(19)12-6-7-14(16-2)17-10-12/h6-7,10,13H,3-5,8-9,11H2,1-2H3,(H,16,17). The molecule has 1 amide bonds. The van der Waals surface area contributed by atoms with Gasteiger partial charge in [0.1, 0.15) is 5.82 Å². The second-order valence-corrected chi connectivity index (χ2v) is 5.07. The van der Waals surface area contributed by atoms with E-state index in [2.05, 4.69) is 17.2 Å². The molecule has 2 rings (SSSR count). The molecule has 1 aliphatic rings. The average Bonchev–Trinajstić information content (AvgIpc) is 2.52. The van der Waals surface area contributed by atoms with E-state index in [-0.39, 0.29) is 12.0 Å². The number of aromatic nitrogens is 1. The predicted octanol–water partition coefficient (Wildman–Crippen LogP) is 2.15. The number of amides is 1. The molecule has 1 aromatic heterocycles. The van der Waals surface area contributed by atoms with Crippen LogP contribution >= 0.6 is 0 Å². The molecule has 110 valence electrons. The summed E-state index contributed by atoms with van der Waals surface area (Å²) in [6.07, 6.45) is 4.87. The number of hydrogen-bond acceptors (Lipinski definition) is 4. The summed E-state index contributed by atoms with van der Waals surface area (Å²) < 4.78 is 5.77. The van der Waals surface area contributed by atoms with Crippen molar-refractivity contribution < 1.29 is 9.53 Å². The summed E-state index contributed by atoms with van der Waals surface area (Å²) in [7, 11) is 1.81. The SMILES string of the molecule is CCCOC1CCCN(C(=O)c2ccc(NC)nc2)C1. The maximum atomic E-state index is 12.4. The molecule has 0 saturated carbocycles. The first kappa shape index (κ1) is 14.8. The molecule has 20 heavy (non-hydrogen) atoms. The van der Waals surface area contributed by atoms with Crippen LogP contribution in [0.4, 0.5) is 5.82 Å². The van der Waals surface area contributed by atoms with Gasteiger partial charge < -0.3 is 15.0 Å². The van der Waals surface area contributed by atoms with Gasteiger partial charge in [-0.15, -0.1) is 0 Å². The number of pyridine rings is 1.